The Labute approximate surface area is 135 Å². The average Bonchev–Trinajstić information content (AvgIpc) is 2.98. The normalized spacial score (nSPS) is 12.5. The second-order valence-corrected chi connectivity index (χ2v) is 5.65. The smallest absolute Gasteiger partial charge is 0.129 e. The SMILES string of the molecule is CC(NCCCOCc1ccco1)c1ccc(Cl)c(Cl)c1. The van der Waals surface area contributed by atoms with Gasteiger partial charge in [-0.05, 0) is 49.7 Å². The van der Waals surface area contributed by atoms with Crippen LogP contribution in [-0.2, 0) is 11.3 Å². The molecule has 2 rings (SSSR count). The predicted molar refractivity (Wildman–Crippen MR) is 85.9 cm³/mol. The molecule has 1 aromatic heterocycles. The molecule has 1 atom stereocenters. The number of rotatable bonds is 8. The molecule has 1 aromatic carbocycles. The highest BCUT2D eigenvalue weighted by molar-refractivity contribution is 6.42. The molecule has 0 aliphatic carbocycles. The number of nitrogens with one attached hydrogen (secondary N) is 1. The lowest BCUT2D eigenvalue weighted by Gasteiger charge is -2.15. The molecule has 21 heavy (non-hydrogen) atoms. The average molecular weight is 328 g/mol. The fourth-order valence-corrected chi connectivity index (χ4v) is 2.27. The highest BCUT2D eigenvalue weighted by Crippen LogP contribution is 2.25. The number of hydrogen-bond donors (Lipinski definition) is 1. The quantitative estimate of drug-likeness (QED) is 0.704. The molecule has 114 valence electrons. The maximum absolute atomic E-state index is 6.02. The zero-order valence-corrected chi connectivity index (χ0v) is 13.5. The minimum absolute atomic E-state index is 0.227. The van der Waals surface area contributed by atoms with E-state index in [0.29, 0.717) is 23.3 Å². The lowest BCUT2D eigenvalue weighted by molar-refractivity contribution is 0.104. The Hall–Kier alpha value is -1.000. The molecule has 0 spiro atoms. The van der Waals surface area contributed by atoms with Crippen LogP contribution in [0.25, 0.3) is 0 Å². The monoisotopic (exact) mass is 327 g/mol. The molecule has 0 radical (unpaired) electrons. The van der Waals surface area contributed by atoms with E-state index in [0.717, 1.165) is 24.3 Å². The minimum atomic E-state index is 0.227. The minimum Gasteiger partial charge on any atom is -0.467 e. The Morgan fingerprint density at radius 2 is 2.10 bits per heavy atom. The molecule has 0 saturated carbocycles. The Bertz CT molecular complexity index is 543. The van der Waals surface area contributed by atoms with Crippen molar-refractivity contribution < 1.29 is 9.15 Å². The number of halogens is 2. The van der Waals surface area contributed by atoms with Crippen LogP contribution in [0.15, 0.2) is 41.0 Å². The van der Waals surface area contributed by atoms with Crippen molar-refractivity contribution in [3.05, 3.63) is 58.0 Å². The molecule has 0 aliphatic rings. The van der Waals surface area contributed by atoms with Crippen LogP contribution in [0, 0.1) is 0 Å². The van der Waals surface area contributed by atoms with Gasteiger partial charge in [0.25, 0.3) is 0 Å². The fraction of sp³-hybridized carbons (Fsp3) is 0.375. The van der Waals surface area contributed by atoms with Gasteiger partial charge in [0.15, 0.2) is 0 Å². The number of furan rings is 1. The summed E-state index contributed by atoms with van der Waals surface area (Å²) in [5.41, 5.74) is 1.13. The van der Waals surface area contributed by atoms with E-state index >= 15 is 0 Å². The van der Waals surface area contributed by atoms with E-state index in [2.05, 4.69) is 12.2 Å². The molecule has 3 nitrogen and oxygen atoms in total. The zero-order chi connectivity index (χ0) is 15.1. The summed E-state index contributed by atoms with van der Waals surface area (Å²) < 4.78 is 10.7. The first kappa shape index (κ1) is 16.4. The number of benzene rings is 1. The number of hydrogen-bond acceptors (Lipinski definition) is 3. The van der Waals surface area contributed by atoms with E-state index in [4.69, 9.17) is 32.4 Å². The van der Waals surface area contributed by atoms with Gasteiger partial charge in [-0.25, -0.2) is 0 Å². The van der Waals surface area contributed by atoms with E-state index in [-0.39, 0.29) is 6.04 Å². The van der Waals surface area contributed by atoms with Crippen LogP contribution in [0.1, 0.15) is 30.7 Å². The maximum atomic E-state index is 6.02. The second-order valence-electron chi connectivity index (χ2n) is 4.83. The van der Waals surface area contributed by atoms with Gasteiger partial charge in [-0.1, -0.05) is 29.3 Å². The summed E-state index contributed by atoms with van der Waals surface area (Å²) in [6.07, 6.45) is 2.59. The molecule has 5 heteroatoms. The van der Waals surface area contributed by atoms with E-state index in [1.54, 1.807) is 6.26 Å². The molecule has 0 saturated heterocycles. The van der Waals surface area contributed by atoms with Gasteiger partial charge in [0.2, 0.25) is 0 Å². The molecule has 2 aromatic rings. The van der Waals surface area contributed by atoms with Crippen LogP contribution in [0.3, 0.4) is 0 Å². The molecule has 1 N–H and O–H groups in total. The topological polar surface area (TPSA) is 34.4 Å². The predicted octanol–water partition coefficient (Wildman–Crippen LogP) is 4.84. The van der Waals surface area contributed by atoms with Crippen molar-refractivity contribution in [2.24, 2.45) is 0 Å². The standard InChI is InChI=1S/C16H19Cl2NO2/c1-12(13-5-6-15(17)16(18)10-13)19-7-3-8-20-11-14-4-2-9-21-14/h2,4-6,9-10,12,19H,3,7-8,11H2,1H3. The van der Waals surface area contributed by atoms with E-state index in [9.17, 15) is 0 Å². The van der Waals surface area contributed by atoms with Crippen molar-refractivity contribution in [3.63, 3.8) is 0 Å². The molecule has 0 fully saturated rings. The molecule has 1 unspecified atom stereocenters. The summed E-state index contributed by atoms with van der Waals surface area (Å²) in [4.78, 5) is 0. The molecule has 0 aliphatic heterocycles. The first-order valence-corrected chi connectivity index (χ1v) is 7.71. The largest absolute Gasteiger partial charge is 0.467 e. The Kier molecular flexibility index (Phi) is 6.58. The third kappa shape index (κ3) is 5.36. The highest BCUT2D eigenvalue weighted by atomic mass is 35.5. The van der Waals surface area contributed by atoms with Crippen LogP contribution in [-0.4, -0.2) is 13.2 Å². The summed E-state index contributed by atoms with van der Waals surface area (Å²) in [6, 6.07) is 9.70. The van der Waals surface area contributed by atoms with Crippen molar-refractivity contribution in [3.8, 4) is 0 Å². The van der Waals surface area contributed by atoms with Gasteiger partial charge in [0.05, 0.1) is 16.3 Å². The Morgan fingerprint density at radius 3 is 2.81 bits per heavy atom. The summed E-state index contributed by atoms with van der Waals surface area (Å²) in [5.74, 6) is 0.854. The summed E-state index contributed by atoms with van der Waals surface area (Å²) in [5, 5.41) is 4.60. The lowest BCUT2D eigenvalue weighted by atomic mass is 10.1. The van der Waals surface area contributed by atoms with E-state index < -0.39 is 0 Å². The van der Waals surface area contributed by atoms with Crippen LogP contribution in [0.5, 0.6) is 0 Å². The molecular formula is C16H19Cl2NO2. The third-order valence-corrected chi connectivity index (χ3v) is 3.92. The van der Waals surface area contributed by atoms with Gasteiger partial charge in [0, 0.05) is 12.6 Å². The second kappa shape index (κ2) is 8.44. The van der Waals surface area contributed by atoms with Crippen molar-refractivity contribution >= 4 is 23.2 Å². The van der Waals surface area contributed by atoms with Crippen molar-refractivity contribution in [1.82, 2.24) is 5.32 Å². The molecular weight excluding hydrogens is 309 g/mol. The van der Waals surface area contributed by atoms with Crippen LogP contribution < -0.4 is 5.32 Å². The fourth-order valence-electron chi connectivity index (χ4n) is 1.96. The van der Waals surface area contributed by atoms with Gasteiger partial charge >= 0.3 is 0 Å². The highest BCUT2D eigenvalue weighted by Gasteiger charge is 2.06. The summed E-state index contributed by atoms with van der Waals surface area (Å²) in [7, 11) is 0. The molecule has 0 bridgehead atoms. The van der Waals surface area contributed by atoms with Crippen molar-refractivity contribution in [2.45, 2.75) is 26.0 Å². The molecule has 1 heterocycles. The van der Waals surface area contributed by atoms with E-state index in [1.165, 1.54) is 0 Å². The van der Waals surface area contributed by atoms with Gasteiger partial charge < -0.3 is 14.5 Å². The van der Waals surface area contributed by atoms with Gasteiger partial charge in [-0.2, -0.15) is 0 Å². The summed E-state index contributed by atoms with van der Waals surface area (Å²) in [6.45, 7) is 4.19. The van der Waals surface area contributed by atoms with Crippen molar-refractivity contribution in [2.75, 3.05) is 13.2 Å². The first-order chi connectivity index (χ1) is 10.2. The Morgan fingerprint density at radius 1 is 1.24 bits per heavy atom. The van der Waals surface area contributed by atoms with E-state index in [1.807, 2.05) is 30.3 Å². The van der Waals surface area contributed by atoms with Crippen LogP contribution in [0.2, 0.25) is 10.0 Å². The number of ether oxygens (including phenoxy) is 1. The zero-order valence-electron chi connectivity index (χ0n) is 11.9. The Balaban J connectivity index is 1.62. The van der Waals surface area contributed by atoms with Crippen LogP contribution in [0.4, 0.5) is 0 Å². The molecule has 0 amide bonds. The van der Waals surface area contributed by atoms with Gasteiger partial charge in [-0.3, -0.25) is 0 Å². The van der Waals surface area contributed by atoms with Crippen molar-refractivity contribution in [1.29, 1.82) is 0 Å². The maximum Gasteiger partial charge on any atom is 0.129 e. The van der Waals surface area contributed by atoms with Gasteiger partial charge in [-0.15, -0.1) is 0 Å². The lowest BCUT2D eigenvalue weighted by Crippen LogP contribution is -2.21. The van der Waals surface area contributed by atoms with Gasteiger partial charge in [0.1, 0.15) is 12.4 Å². The van der Waals surface area contributed by atoms with Crippen LogP contribution >= 0.6 is 23.2 Å². The third-order valence-electron chi connectivity index (χ3n) is 3.18. The summed E-state index contributed by atoms with van der Waals surface area (Å²) >= 11 is 11.9. The first-order valence-electron chi connectivity index (χ1n) is 6.95.